The van der Waals surface area contributed by atoms with Crippen LogP contribution in [0.25, 0.3) is 0 Å². The number of aryl methyl sites for hydroxylation is 3. The topological polar surface area (TPSA) is 16.2 Å². The van der Waals surface area contributed by atoms with Crippen molar-refractivity contribution in [2.24, 2.45) is 4.99 Å². The molecule has 0 aliphatic carbocycles. The molecular weight excluding hydrogens is 352 g/mol. The van der Waals surface area contributed by atoms with E-state index in [-0.39, 0.29) is 0 Å². The third-order valence-electron chi connectivity index (χ3n) is 4.82. The summed E-state index contributed by atoms with van der Waals surface area (Å²) in [6.45, 7) is 12.6. The first-order valence-corrected chi connectivity index (χ1v) is 11.1. The first-order valence-electron chi connectivity index (χ1n) is 11.1. The van der Waals surface area contributed by atoms with Crippen LogP contribution < -0.4 is 4.57 Å². The molecule has 0 spiro atoms. The van der Waals surface area contributed by atoms with Gasteiger partial charge in [0.15, 0.2) is 11.9 Å². The number of hydrogen-bond acceptors (Lipinski definition) is 1. The first-order chi connectivity index (χ1) is 14.0. The van der Waals surface area contributed by atoms with Gasteiger partial charge in [-0.05, 0) is 77.0 Å². The largest absolute Gasteiger partial charge is 0.290 e. The van der Waals surface area contributed by atoms with E-state index in [1.165, 1.54) is 36.1 Å². The zero-order chi connectivity index (χ0) is 21.3. The van der Waals surface area contributed by atoms with Crippen LogP contribution in [0.5, 0.6) is 0 Å². The minimum absolute atomic E-state index is 0.924. The van der Waals surface area contributed by atoms with Crippen molar-refractivity contribution in [3.63, 3.8) is 0 Å². The van der Waals surface area contributed by atoms with Crippen molar-refractivity contribution in [1.29, 1.82) is 0 Å². The Hall–Kier alpha value is -2.22. The van der Waals surface area contributed by atoms with Gasteiger partial charge in [0.05, 0.1) is 0 Å². The molecule has 1 heterocycles. The van der Waals surface area contributed by atoms with E-state index in [0.717, 1.165) is 38.1 Å². The molecule has 0 aromatic carbocycles. The standard InChI is InChI=1S/C27H41N2/c1-6-17-24(2)22-26(4)28-19-15-13-11-9-7-8-10-12-14-16-20-29-21-18-25(3)23-27(29)5/h6-10,17-18,21-23H,11-16,19-20H2,1-5H3/q+1/b9-7-,10-8-,17-6-,24-22-,28-26+. The second-order valence-electron chi connectivity index (χ2n) is 7.80. The van der Waals surface area contributed by atoms with E-state index >= 15 is 0 Å². The zero-order valence-electron chi connectivity index (χ0n) is 19.3. The molecule has 1 rings (SSSR count). The van der Waals surface area contributed by atoms with Crippen molar-refractivity contribution in [3.05, 3.63) is 77.7 Å². The monoisotopic (exact) mass is 393 g/mol. The Morgan fingerprint density at radius 1 is 1.00 bits per heavy atom. The van der Waals surface area contributed by atoms with Crippen LogP contribution in [0.2, 0.25) is 0 Å². The summed E-state index contributed by atoms with van der Waals surface area (Å²) in [5.74, 6) is 0. The summed E-state index contributed by atoms with van der Waals surface area (Å²) in [6, 6.07) is 4.44. The van der Waals surface area contributed by atoms with Crippen LogP contribution in [0, 0.1) is 13.8 Å². The number of pyridine rings is 1. The summed E-state index contributed by atoms with van der Waals surface area (Å²) in [4.78, 5) is 4.62. The van der Waals surface area contributed by atoms with Gasteiger partial charge in [0.25, 0.3) is 0 Å². The van der Waals surface area contributed by atoms with Gasteiger partial charge in [0.1, 0.15) is 6.54 Å². The molecule has 1 aromatic rings. The van der Waals surface area contributed by atoms with Crippen LogP contribution in [-0.4, -0.2) is 12.3 Å². The molecule has 0 saturated carbocycles. The highest BCUT2D eigenvalue weighted by molar-refractivity contribution is 5.93. The maximum absolute atomic E-state index is 4.62. The minimum Gasteiger partial charge on any atom is -0.290 e. The number of nitrogens with zero attached hydrogens (tertiary/aromatic N) is 2. The summed E-state index contributed by atoms with van der Waals surface area (Å²) in [5, 5.41) is 0. The van der Waals surface area contributed by atoms with E-state index in [2.05, 4.69) is 98.1 Å². The molecule has 0 aliphatic rings. The van der Waals surface area contributed by atoms with E-state index in [9.17, 15) is 0 Å². The molecule has 1 aromatic heterocycles. The van der Waals surface area contributed by atoms with Gasteiger partial charge in [-0.1, -0.05) is 36.5 Å². The molecule has 0 bridgehead atoms. The summed E-state index contributed by atoms with van der Waals surface area (Å²) in [7, 11) is 0. The lowest BCUT2D eigenvalue weighted by molar-refractivity contribution is -0.703. The van der Waals surface area contributed by atoms with Crippen molar-refractivity contribution in [2.75, 3.05) is 6.54 Å². The normalized spacial score (nSPS) is 13.4. The van der Waals surface area contributed by atoms with Crippen LogP contribution in [0.4, 0.5) is 0 Å². The van der Waals surface area contributed by atoms with Gasteiger partial charge in [-0.3, -0.25) is 4.99 Å². The number of allylic oxidation sites excluding steroid dienone is 8. The third kappa shape index (κ3) is 12.8. The van der Waals surface area contributed by atoms with Crippen molar-refractivity contribution in [1.82, 2.24) is 0 Å². The fourth-order valence-corrected chi connectivity index (χ4v) is 3.25. The van der Waals surface area contributed by atoms with Crippen LogP contribution in [0.15, 0.2) is 71.4 Å². The van der Waals surface area contributed by atoms with Gasteiger partial charge in [0.2, 0.25) is 0 Å². The molecule has 0 amide bonds. The van der Waals surface area contributed by atoms with Crippen LogP contribution in [-0.2, 0) is 6.54 Å². The second-order valence-corrected chi connectivity index (χ2v) is 7.80. The minimum atomic E-state index is 0.924. The Labute approximate surface area is 179 Å². The van der Waals surface area contributed by atoms with Gasteiger partial charge >= 0.3 is 0 Å². The molecule has 0 radical (unpaired) electrons. The van der Waals surface area contributed by atoms with Crippen molar-refractivity contribution in [2.45, 2.75) is 79.7 Å². The second kappa shape index (κ2) is 15.7. The van der Waals surface area contributed by atoms with Crippen LogP contribution >= 0.6 is 0 Å². The highest BCUT2D eigenvalue weighted by Crippen LogP contribution is 2.02. The average molecular weight is 394 g/mol. The molecule has 2 nitrogen and oxygen atoms in total. The number of hydrogen-bond donors (Lipinski definition) is 0. The van der Waals surface area contributed by atoms with Crippen molar-refractivity contribution >= 4 is 5.71 Å². The van der Waals surface area contributed by atoms with Crippen LogP contribution in [0.3, 0.4) is 0 Å². The quantitative estimate of drug-likeness (QED) is 0.148. The fraction of sp³-hybridized carbons (Fsp3) is 0.481. The maximum Gasteiger partial charge on any atom is 0.178 e. The van der Waals surface area contributed by atoms with Crippen molar-refractivity contribution in [3.8, 4) is 0 Å². The van der Waals surface area contributed by atoms with Crippen LogP contribution in [0.1, 0.15) is 70.6 Å². The first kappa shape index (κ1) is 24.8. The molecule has 2 heteroatoms. The van der Waals surface area contributed by atoms with E-state index < -0.39 is 0 Å². The molecule has 0 atom stereocenters. The molecular formula is C27H41N2+. The molecule has 0 saturated heterocycles. The highest BCUT2D eigenvalue weighted by Gasteiger charge is 2.04. The number of unbranched alkanes of at least 4 members (excludes halogenated alkanes) is 4. The summed E-state index contributed by atoms with van der Waals surface area (Å²) in [5.41, 5.74) is 5.07. The maximum atomic E-state index is 4.62. The Morgan fingerprint density at radius 2 is 1.69 bits per heavy atom. The summed E-state index contributed by atoms with van der Waals surface area (Å²) in [6.07, 6.45) is 24.6. The number of aromatic nitrogens is 1. The zero-order valence-corrected chi connectivity index (χ0v) is 19.3. The van der Waals surface area contributed by atoms with E-state index in [0.29, 0.717) is 0 Å². The molecule has 0 N–H and O–H groups in total. The molecule has 29 heavy (non-hydrogen) atoms. The van der Waals surface area contributed by atoms with E-state index in [4.69, 9.17) is 0 Å². The van der Waals surface area contributed by atoms with Gasteiger partial charge < -0.3 is 0 Å². The number of aliphatic imine (C=N–C) groups is 1. The van der Waals surface area contributed by atoms with Crippen molar-refractivity contribution < 1.29 is 4.57 Å². The smallest absolute Gasteiger partial charge is 0.178 e. The molecule has 0 fully saturated rings. The highest BCUT2D eigenvalue weighted by atomic mass is 14.9. The van der Waals surface area contributed by atoms with Gasteiger partial charge in [-0.15, -0.1) is 0 Å². The van der Waals surface area contributed by atoms with Gasteiger partial charge in [0, 0.05) is 37.7 Å². The third-order valence-corrected chi connectivity index (χ3v) is 4.82. The fourth-order valence-electron chi connectivity index (χ4n) is 3.25. The predicted octanol–water partition coefficient (Wildman–Crippen LogP) is 7.03. The molecule has 0 unspecified atom stereocenters. The van der Waals surface area contributed by atoms with E-state index in [1.807, 2.05) is 6.92 Å². The molecule has 158 valence electrons. The average Bonchev–Trinajstić information content (AvgIpc) is 2.67. The molecule has 0 aliphatic heterocycles. The lowest BCUT2D eigenvalue weighted by Gasteiger charge is -2.00. The lowest BCUT2D eigenvalue weighted by Crippen LogP contribution is -2.36. The van der Waals surface area contributed by atoms with Gasteiger partial charge in [-0.25, -0.2) is 4.57 Å². The lowest BCUT2D eigenvalue weighted by atomic mass is 10.2. The van der Waals surface area contributed by atoms with E-state index in [1.54, 1.807) is 0 Å². The Kier molecular flexibility index (Phi) is 13.4. The number of rotatable bonds is 13. The SMILES string of the molecule is C\C=C/C(C)=C\C(C)=N\CCCC/C=C\C=C/CCCC[n+]1ccc(C)cc1C. The summed E-state index contributed by atoms with van der Waals surface area (Å²) < 4.78 is 2.35. The Balaban J connectivity index is 2.07. The summed E-state index contributed by atoms with van der Waals surface area (Å²) >= 11 is 0. The Morgan fingerprint density at radius 3 is 2.34 bits per heavy atom. The predicted molar refractivity (Wildman–Crippen MR) is 129 cm³/mol. The van der Waals surface area contributed by atoms with Gasteiger partial charge in [-0.2, -0.15) is 0 Å². The Bertz CT molecular complexity index is 733.